The fourth-order valence-electron chi connectivity index (χ4n) is 8.82. The summed E-state index contributed by atoms with van der Waals surface area (Å²) in [5.41, 5.74) is 14.8. The summed E-state index contributed by atoms with van der Waals surface area (Å²) < 4.78 is 8.54. The minimum absolute atomic E-state index is 0.603. The van der Waals surface area contributed by atoms with Crippen molar-refractivity contribution in [3.63, 3.8) is 0 Å². The molecule has 0 amide bonds. The Morgan fingerprint density at radius 2 is 0.758 bits per heavy atom. The van der Waals surface area contributed by atoms with Gasteiger partial charge in [-0.1, -0.05) is 158 Å². The smallest absolute Gasteiger partial charge is 0.164 e. The Morgan fingerprint density at radius 1 is 0.274 bits per heavy atom. The molecule has 0 aliphatic carbocycles. The van der Waals surface area contributed by atoms with Gasteiger partial charge in [-0.2, -0.15) is 0 Å². The molecule has 5 heteroatoms. The van der Waals surface area contributed by atoms with Gasteiger partial charge in [0.1, 0.15) is 11.2 Å². The van der Waals surface area contributed by atoms with Gasteiger partial charge in [-0.15, -0.1) is 0 Å². The van der Waals surface area contributed by atoms with Crippen LogP contribution in [0.5, 0.6) is 0 Å². The lowest BCUT2D eigenvalue weighted by molar-refractivity contribution is 0.669. The molecule has 0 radical (unpaired) electrons. The normalized spacial score (nSPS) is 11.5. The summed E-state index contributed by atoms with van der Waals surface area (Å²) in [7, 11) is 0. The molecule has 0 aliphatic heterocycles. The van der Waals surface area contributed by atoms with Gasteiger partial charge in [-0.25, -0.2) is 15.0 Å². The first-order chi connectivity index (χ1) is 30.7. The van der Waals surface area contributed by atoms with Gasteiger partial charge >= 0.3 is 0 Å². The number of para-hydroxylation sites is 2. The molecule has 0 N–H and O–H groups in total. The predicted octanol–water partition coefficient (Wildman–Crippen LogP) is 14.9. The lowest BCUT2D eigenvalue weighted by atomic mass is 9.98. The Bertz CT molecular complexity index is 3640. The van der Waals surface area contributed by atoms with Crippen molar-refractivity contribution in [1.29, 1.82) is 0 Å². The van der Waals surface area contributed by atoms with Gasteiger partial charge in [-0.05, 0) is 94.0 Å². The largest absolute Gasteiger partial charge is 0.456 e. The second kappa shape index (κ2) is 14.7. The Hall–Kier alpha value is -8.41. The molecule has 0 saturated carbocycles. The van der Waals surface area contributed by atoms with Crippen LogP contribution in [0.3, 0.4) is 0 Å². The number of fused-ring (bicyclic) bond motifs is 6. The zero-order chi connectivity index (χ0) is 41.0. The van der Waals surface area contributed by atoms with E-state index in [1.54, 1.807) is 0 Å². The topological polar surface area (TPSA) is 56.7 Å². The van der Waals surface area contributed by atoms with Gasteiger partial charge < -0.3 is 8.98 Å². The molecule has 3 aromatic heterocycles. The monoisotopic (exact) mass is 792 g/mol. The van der Waals surface area contributed by atoms with E-state index in [4.69, 9.17) is 19.4 Å². The van der Waals surface area contributed by atoms with Crippen LogP contribution in [-0.4, -0.2) is 19.5 Å². The van der Waals surface area contributed by atoms with E-state index >= 15 is 0 Å². The predicted molar refractivity (Wildman–Crippen MR) is 254 cm³/mol. The zero-order valence-corrected chi connectivity index (χ0v) is 33.5. The molecule has 9 aromatic carbocycles. The first kappa shape index (κ1) is 35.5. The summed E-state index contributed by atoms with van der Waals surface area (Å²) in [6.07, 6.45) is 0. The van der Waals surface area contributed by atoms with E-state index in [2.05, 4.69) is 162 Å². The van der Waals surface area contributed by atoms with Crippen LogP contribution in [0.25, 0.3) is 117 Å². The highest BCUT2D eigenvalue weighted by Crippen LogP contribution is 2.38. The van der Waals surface area contributed by atoms with E-state index in [-0.39, 0.29) is 0 Å². The molecule has 0 saturated heterocycles. The van der Waals surface area contributed by atoms with E-state index < -0.39 is 0 Å². The van der Waals surface area contributed by atoms with Crippen LogP contribution in [-0.2, 0) is 0 Å². The number of hydrogen-bond donors (Lipinski definition) is 0. The highest BCUT2D eigenvalue weighted by Gasteiger charge is 2.17. The summed E-state index contributed by atoms with van der Waals surface area (Å²) >= 11 is 0. The highest BCUT2D eigenvalue weighted by molar-refractivity contribution is 6.10. The maximum Gasteiger partial charge on any atom is 0.164 e. The van der Waals surface area contributed by atoms with Crippen molar-refractivity contribution in [2.75, 3.05) is 0 Å². The van der Waals surface area contributed by atoms with Crippen LogP contribution in [0.2, 0.25) is 0 Å². The third-order valence-corrected chi connectivity index (χ3v) is 11.8. The molecule has 3 heterocycles. The van der Waals surface area contributed by atoms with Crippen LogP contribution < -0.4 is 0 Å². The van der Waals surface area contributed by atoms with E-state index in [0.29, 0.717) is 17.5 Å². The molecule has 5 nitrogen and oxygen atoms in total. The fraction of sp³-hybridized carbons (Fsp3) is 0. The molecule has 0 unspecified atom stereocenters. The van der Waals surface area contributed by atoms with Crippen molar-refractivity contribution >= 4 is 43.7 Å². The second-order valence-electron chi connectivity index (χ2n) is 15.6. The van der Waals surface area contributed by atoms with E-state index in [0.717, 1.165) is 66.5 Å². The van der Waals surface area contributed by atoms with Crippen molar-refractivity contribution in [2.45, 2.75) is 0 Å². The first-order valence-electron chi connectivity index (χ1n) is 20.8. The number of aromatic nitrogens is 4. The van der Waals surface area contributed by atoms with Gasteiger partial charge in [0.2, 0.25) is 0 Å². The van der Waals surface area contributed by atoms with Crippen LogP contribution in [0, 0.1) is 0 Å². The summed E-state index contributed by atoms with van der Waals surface area (Å²) in [6, 6.07) is 76.6. The third-order valence-electron chi connectivity index (χ3n) is 11.8. The average Bonchev–Trinajstić information content (AvgIpc) is 3.89. The highest BCUT2D eigenvalue weighted by atomic mass is 16.3. The van der Waals surface area contributed by atoms with Crippen LogP contribution >= 0.6 is 0 Å². The summed E-state index contributed by atoms with van der Waals surface area (Å²) in [4.78, 5) is 15.2. The molecule has 0 spiro atoms. The van der Waals surface area contributed by atoms with Crippen molar-refractivity contribution in [2.24, 2.45) is 0 Å². The van der Waals surface area contributed by atoms with Crippen LogP contribution in [0.1, 0.15) is 0 Å². The molecule has 0 fully saturated rings. The summed E-state index contributed by atoms with van der Waals surface area (Å²) in [6.45, 7) is 0. The Balaban J connectivity index is 0.959. The third kappa shape index (κ3) is 6.23. The van der Waals surface area contributed by atoms with Crippen LogP contribution in [0.15, 0.2) is 223 Å². The molecule has 62 heavy (non-hydrogen) atoms. The minimum atomic E-state index is 0.603. The number of benzene rings is 9. The van der Waals surface area contributed by atoms with Crippen molar-refractivity contribution < 1.29 is 4.42 Å². The molecular formula is C57H36N4O. The molecule has 290 valence electrons. The number of rotatable bonds is 7. The molecule has 12 aromatic rings. The first-order valence-corrected chi connectivity index (χ1v) is 20.8. The van der Waals surface area contributed by atoms with Gasteiger partial charge in [0.15, 0.2) is 17.5 Å². The molecule has 12 rings (SSSR count). The van der Waals surface area contributed by atoms with E-state index in [9.17, 15) is 0 Å². The Labute approximate surface area is 357 Å². The molecular weight excluding hydrogens is 757 g/mol. The van der Waals surface area contributed by atoms with Gasteiger partial charge in [0.05, 0.1) is 11.0 Å². The Morgan fingerprint density at radius 3 is 1.52 bits per heavy atom. The van der Waals surface area contributed by atoms with E-state index in [1.807, 2.05) is 60.7 Å². The maximum atomic E-state index is 6.15. The number of nitrogens with zero attached hydrogens (tertiary/aromatic N) is 4. The maximum absolute atomic E-state index is 6.15. The average molecular weight is 793 g/mol. The number of furan rings is 1. The number of hydrogen-bond acceptors (Lipinski definition) is 4. The molecule has 0 atom stereocenters. The van der Waals surface area contributed by atoms with Gasteiger partial charge in [0, 0.05) is 43.9 Å². The fourth-order valence-corrected chi connectivity index (χ4v) is 8.82. The zero-order valence-electron chi connectivity index (χ0n) is 33.5. The Kier molecular flexibility index (Phi) is 8.42. The molecule has 0 bridgehead atoms. The SMILES string of the molecule is c1ccc(-c2cccc(-c3ccc4c5ccccc5n(-c5cccc(-c6cccc(-c7nc(-c8ccccc8)nc(-c8ccc9oc%10ccccc%10c9c8)n7)c6)c5)c4c3)c2)cc1. The van der Waals surface area contributed by atoms with Gasteiger partial charge in [0.25, 0.3) is 0 Å². The van der Waals surface area contributed by atoms with E-state index in [1.165, 1.54) is 33.0 Å². The van der Waals surface area contributed by atoms with Crippen molar-refractivity contribution in [3.05, 3.63) is 218 Å². The summed E-state index contributed by atoms with van der Waals surface area (Å²) in [5.74, 6) is 1.83. The lowest BCUT2D eigenvalue weighted by Gasteiger charge is -2.12. The standard InChI is InChI=1S/C57H36N4O/c1-3-14-37(15-4-1)39-18-11-19-40(32-39)43-28-30-48-47-24-7-9-26-51(47)61(52(48)36-43)46-23-13-21-42(34-46)41-20-12-22-44(33-41)56-58-55(38-16-5-2-6-17-38)59-57(60-56)45-29-31-54-50(35-45)49-25-8-10-27-53(49)62-54/h1-36H. The van der Waals surface area contributed by atoms with Crippen LogP contribution in [0.4, 0.5) is 0 Å². The van der Waals surface area contributed by atoms with Gasteiger partial charge in [-0.3, -0.25) is 0 Å². The van der Waals surface area contributed by atoms with Crippen molar-refractivity contribution in [3.8, 4) is 73.2 Å². The van der Waals surface area contributed by atoms with Crippen molar-refractivity contribution in [1.82, 2.24) is 19.5 Å². The quantitative estimate of drug-likeness (QED) is 0.161. The second-order valence-corrected chi connectivity index (χ2v) is 15.6. The molecule has 0 aliphatic rings. The summed E-state index contributed by atoms with van der Waals surface area (Å²) in [5, 5.41) is 4.53. The minimum Gasteiger partial charge on any atom is -0.456 e. The lowest BCUT2D eigenvalue weighted by Crippen LogP contribution is -2.00.